The van der Waals surface area contributed by atoms with Crippen LogP contribution in [-0.4, -0.2) is 29.6 Å². The van der Waals surface area contributed by atoms with E-state index >= 15 is 0 Å². The number of methoxy groups -OCH3 is 1. The first-order valence-corrected chi connectivity index (χ1v) is 9.61. The largest absolute Gasteiger partial charge is 0.494 e. The Balaban J connectivity index is 1.93. The van der Waals surface area contributed by atoms with E-state index in [9.17, 15) is 15.2 Å². The van der Waals surface area contributed by atoms with Gasteiger partial charge in [-0.3, -0.25) is 14.4 Å². The van der Waals surface area contributed by atoms with E-state index in [1.165, 1.54) is 10.8 Å². The molecule has 0 radical (unpaired) electrons. The molecule has 1 N–H and O–H groups in total. The van der Waals surface area contributed by atoms with E-state index in [2.05, 4.69) is 4.99 Å². The van der Waals surface area contributed by atoms with Crippen molar-refractivity contribution in [3.8, 4) is 23.1 Å². The van der Waals surface area contributed by atoms with Crippen molar-refractivity contribution in [2.75, 3.05) is 13.7 Å². The molecule has 0 aliphatic rings. The third-order valence-corrected chi connectivity index (χ3v) is 4.89. The Labute approximate surface area is 175 Å². The number of aromatic hydroxyl groups is 1. The van der Waals surface area contributed by atoms with Crippen molar-refractivity contribution < 1.29 is 9.84 Å². The van der Waals surface area contributed by atoms with E-state index in [-0.39, 0.29) is 18.0 Å². The van der Waals surface area contributed by atoms with Crippen molar-refractivity contribution in [1.82, 2.24) is 4.57 Å². The van der Waals surface area contributed by atoms with Crippen LogP contribution in [0.1, 0.15) is 23.1 Å². The molecule has 2 aromatic carbocycles. The summed E-state index contributed by atoms with van der Waals surface area (Å²) < 4.78 is 6.21. The number of nitrogens with zero attached hydrogens (tertiary/aromatic N) is 3. The summed E-state index contributed by atoms with van der Waals surface area (Å²) in [4.78, 5) is 17.0. The van der Waals surface area contributed by atoms with Gasteiger partial charge in [-0.1, -0.05) is 42.5 Å². The smallest absolute Gasteiger partial charge is 0.271 e. The molecule has 3 aromatic rings. The van der Waals surface area contributed by atoms with Crippen molar-refractivity contribution in [2.45, 2.75) is 19.9 Å². The maximum absolute atomic E-state index is 12.5. The SMILES string of the molecule is COCCCn1c(O)c(C=Nc2ccc(-c3ccccc3)cc2)c(C)c(C#N)c1=O. The summed E-state index contributed by atoms with van der Waals surface area (Å²) in [7, 11) is 1.57. The maximum Gasteiger partial charge on any atom is 0.271 e. The zero-order chi connectivity index (χ0) is 21.5. The molecule has 0 amide bonds. The molecule has 0 spiro atoms. The Morgan fingerprint density at radius 3 is 2.43 bits per heavy atom. The molecule has 0 unspecified atom stereocenters. The third-order valence-electron chi connectivity index (χ3n) is 4.89. The van der Waals surface area contributed by atoms with Crippen molar-refractivity contribution in [2.24, 2.45) is 4.99 Å². The van der Waals surface area contributed by atoms with Crippen LogP contribution in [0.2, 0.25) is 0 Å². The molecule has 0 fully saturated rings. The molecule has 0 atom stereocenters. The Morgan fingerprint density at radius 2 is 1.80 bits per heavy atom. The standard InChI is InChI=1S/C24H23N3O3/c1-17-21(15-25)23(28)27(13-6-14-30-2)24(29)22(17)16-26-20-11-9-19(10-12-20)18-7-4-3-5-8-18/h3-5,7-12,16,29H,6,13-14H2,1-2H3. The van der Waals surface area contributed by atoms with Crippen LogP contribution in [0.4, 0.5) is 5.69 Å². The Kier molecular flexibility index (Phi) is 6.79. The number of hydrogen-bond donors (Lipinski definition) is 1. The summed E-state index contributed by atoms with van der Waals surface area (Å²) in [5, 5.41) is 20.1. The van der Waals surface area contributed by atoms with E-state index in [1.54, 1.807) is 14.0 Å². The van der Waals surface area contributed by atoms with Crippen LogP contribution < -0.4 is 5.56 Å². The van der Waals surface area contributed by atoms with Crippen LogP contribution in [0.15, 0.2) is 64.4 Å². The second-order valence-electron chi connectivity index (χ2n) is 6.82. The lowest BCUT2D eigenvalue weighted by Gasteiger charge is -2.13. The topological polar surface area (TPSA) is 87.6 Å². The lowest BCUT2D eigenvalue weighted by molar-refractivity contribution is 0.188. The van der Waals surface area contributed by atoms with Gasteiger partial charge in [0.25, 0.3) is 5.56 Å². The first kappa shape index (κ1) is 21.0. The van der Waals surface area contributed by atoms with Crippen LogP contribution >= 0.6 is 0 Å². The molecule has 0 aliphatic carbocycles. The minimum atomic E-state index is -0.507. The number of rotatable bonds is 7. The highest BCUT2D eigenvalue weighted by molar-refractivity contribution is 5.87. The fourth-order valence-electron chi connectivity index (χ4n) is 3.21. The van der Waals surface area contributed by atoms with E-state index < -0.39 is 5.56 Å². The lowest BCUT2D eigenvalue weighted by atomic mass is 10.1. The summed E-state index contributed by atoms with van der Waals surface area (Å²) in [6.45, 7) is 2.33. The fourth-order valence-corrected chi connectivity index (χ4v) is 3.21. The number of aromatic nitrogens is 1. The average molecular weight is 401 g/mol. The maximum atomic E-state index is 12.5. The quantitative estimate of drug-likeness (QED) is 0.475. The second kappa shape index (κ2) is 9.68. The first-order valence-electron chi connectivity index (χ1n) is 9.61. The van der Waals surface area contributed by atoms with Gasteiger partial charge in [0.15, 0.2) is 0 Å². The van der Waals surface area contributed by atoms with Gasteiger partial charge >= 0.3 is 0 Å². The van der Waals surface area contributed by atoms with E-state index in [0.29, 0.717) is 29.8 Å². The predicted molar refractivity (Wildman–Crippen MR) is 117 cm³/mol. The van der Waals surface area contributed by atoms with Crippen LogP contribution in [0.25, 0.3) is 11.1 Å². The van der Waals surface area contributed by atoms with Crippen LogP contribution in [0.5, 0.6) is 5.88 Å². The van der Waals surface area contributed by atoms with Gasteiger partial charge in [0.1, 0.15) is 11.6 Å². The van der Waals surface area contributed by atoms with Crippen molar-refractivity contribution >= 4 is 11.9 Å². The van der Waals surface area contributed by atoms with Gasteiger partial charge in [-0.15, -0.1) is 0 Å². The van der Waals surface area contributed by atoms with Gasteiger partial charge in [0.2, 0.25) is 5.88 Å². The zero-order valence-corrected chi connectivity index (χ0v) is 17.0. The molecule has 0 bridgehead atoms. The minimum Gasteiger partial charge on any atom is -0.494 e. The van der Waals surface area contributed by atoms with Crippen molar-refractivity contribution in [3.63, 3.8) is 0 Å². The summed E-state index contributed by atoms with van der Waals surface area (Å²) in [5.74, 6) is -0.197. The number of hydrogen-bond acceptors (Lipinski definition) is 5. The Hall–Kier alpha value is -3.69. The van der Waals surface area contributed by atoms with Crippen LogP contribution in [-0.2, 0) is 11.3 Å². The van der Waals surface area contributed by atoms with E-state index in [4.69, 9.17) is 4.74 Å². The molecule has 1 aromatic heterocycles. The normalized spacial score (nSPS) is 11.0. The molecule has 1 heterocycles. The predicted octanol–water partition coefficient (Wildman–Crippen LogP) is 4.19. The van der Waals surface area contributed by atoms with E-state index in [1.807, 2.05) is 60.7 Å². The molecule has 6 heteroatoms. The van der Waals surface area contributed by atoms with Gasteiger partial charge < -0.3 is 9.84 Å². The average Bonchev–Trinajstić information content (AvgIpc) is 2.77. The Bertz CT molecular complexity index is 1140. The van der Waals surface area contributed by atoms with Gasteiger partial charge in [-0.25, -0.2) is 0 Å². The van der Waals surface area contributed by atoms with Gasteiger partial charge in [-0.05, 0) is 42.2 Å². The molecule has 0 aliphatic heterocycles. The van der Waals surface area contributed by atoms with Crippen LogP contribution in [0, 0.1) is 18.3 Å². The summed E-state index contributed by atoms with van der Waals surface area (Å²) in [6.07, 6.45) is 2.03. The van der Waals surface area contributed by atoms with Crippen molar-refractivity contribution in [3.05, 3.63) is 81.6 Å². The van der Waals surface area contributed by atoms with E-state index in [0.717, 1.165) is 11.1 Å². The number of benzene rings is 2. The highest BCUT2D eigenvalue weighted by atomic mass is 16.5. The molecular formula is C24H23N3O3. The first-order chi connectivity index (χ1) is 14.6. The molecule has 0 saturated carbocycles. The fraction of sp³-hybridized carbons (Fsp3) is 0.208. The molecule has 152 valence electrons. The zero-order valence-electron chi connectivity index (χ0n) is 17.0. The second-order valence-corrected chi connectivity index (χ2v) is 6.82. The van der Waals surface area contributed by atoms with Gasteiger partial charge in [-0.2, -0.15) is 5.26 Å². The van der Waals surface area contributed by atoms with Crippen molar-refractivity contribution in [1.29, 1.82) is 5.26 Å². The highest BCUT2D eigenvalue weighted by Gasteiger charge is 2.17. The highest BCUT2D eigenvalue weighted by Crippen LogP contribution is 2.24. The number of ether oxygens (including phenoxy) is 1. The molecular weight excluding hydrogens is 378 g/mol. The monoisotopic (exact) mass is 401 g/mol. The summed E-state index contributed by atoms with van der Waals surface area (Å²) in [5.41, 5.74) is 3.15. The molecule has 6 nitrogen and oxygen atoms in total. The molecule has 0 saturated heterocycles. The van der Waals surface area contributed by atoms with Gasteiger partial charge in [0, 0.05) is 26.5 Å². The summed E-state index contributed by atoms with van der Waals surface area (Å²) >= 11 is 0. The minimum absolute atomic E-state index is 0.00564. The number of pyridine rings is 1. The molecule has 3 rings (SSSR count). The summed E-state index contributed by atoms with van der Waals surface area (Å²) in [6, 6.07) is 19.7. The Morgan fingerprint density at radius 1 is 1.13 bits per heavy atom. The van der Waals surface area contributed by atoms with Crippen LogP contribution in [0.3, 0.4) is 0 Å². The molecule has 30 heavy (non-hydrogen) atoms. The van der Waals surface area contributed by atoms with Gasteiger partial charge in [0.05, 0.1) is 11.3 Å². The number of nitriles is 1. The number of aliphatic imine (C=N–C) groups is 1. The lowest BCUT2D eigenvalue weighted by Crippen LogP contribution is -2.26. The third kappa shape index (κ3) is 4.48.